The lowest BCUT2D eigenvalue weighted by Gasteiger charge is -2.08. The molecule has 1 amide bonds. The van der Waals surface area contributed by atoms with Crippen molar-refractivity contribution in [1.82, 2.24) is 15.1 Å². The van der Waals surface area contributed by atoms with Crippen molar-refractivity contribution in [3.63, 3.8) is 0 Å². The van der Waals surface area contributed by atoms with Gasteiger partial charge in [0.25, 0.3) is 5.91 Å². The lowest BCUT2D eigenvalue weighted by atomic mass is 10.1. The van der Waals surface area contributed by atoms with Crippen LogP contribution in [0.15, 0.2) is 57.8 Å². The predicted molar refractivity (Wildman–Crippen MR) is 93.8 cm³/mol. The van der Waals surface area contributed by atoms with E-state index in [1.165, 1.54) is 0 Å². The Balaban J connectivity index is 1.70. The van der Waals surface area contributed by atoms with E-state index in [-0.39, 0.29) is 11.7 Å². The van der Waals surface area contributed by atoms with Crippen LogP contribution in [0, 0.1) is 0 Å². The minimum Gasteiger partial charge on any atom is -0.351 e. The van der Waals surface area contributed by atoms with Gasteiger partial charge in [-0.25, -0.2) is 4.79 Å². The first-order valence-electron chi connectivity index (χ1n) is 7.35. The van der Waals surface area contributed by atoms with E-state index in [9.17, 15) is 9.59 Å². The number of H-pyrrole nitrogens is 2. The van der Waals surface area contributed by atoms with Crippen LogP contribution in [0.3, 0.4) is 0 Å². The van der Waals surface area contributed by atoms with E-state index < -0.39 is 5.76 Å². The molecular formula is C17H11ClN4O3. The highest BCUT2D eigenvalue weighted by Crippen LogP contribution is 2.28. The number of anilines is 1. The van der Waals surface area contributed by atoms with Crippen LogP contribution in [0.5, 0.6) is 0 Å². The SMILES string of the molecule is O=C(Nc1ccc(Cl)cc1-c1noc(=O)[nH]1)c1cc2ccccc2[nH]1. The van der Waals surface area contributed by atoms with Crippen molar-refractivity contribution >= 4 is 34.1 Å². The molecule has 8 heteroatoms. The number of nitrogens with zero attached hydrogens (tertiary/aromatic N) is 1. The van der Waals surface area contributed by atoms with E-state index >= 15 is 0 Å². The molecule has 0 aliphatic rings. The number of para-hydroxylation sites is 1. The van der Waals surface area contributed by atoms with Gasteiger partial charge in [-0.1, -0.05) is 35.0 Å². The van der Waals surface area contributed by atoms with Gasteiger partial charge < -0.3 is 10.3 Å². The molecule has 0 aliphatic carbocycles. The molecule has 0 spiro atoms. The molecule has 4 aromatic rings. The van der Waals surface area contributed by atoms with Crippen LogP contribution >= 0.6 is 11.6 Å². The molecule has 0 bridgehead atoms. The number of carbonyl (C=O) groups is 1. The number of hydrogen-bond donors (Lipinski definition) is 3. The number of carbonyl (C=O) groups excluding carboxylic acids is 1. The Bertz CT molecular complexity index is 1110. The number of nitrogens with one attached hydrogen (secondary N) is 3. The number of fused-ring (bicyclic) bond motifs is 1. The lowest BCUT2D eigenvalue weighted by molar-refractivity contribution is 0.102. The number of hydrogen-bond acceptors (Lipinski definition) is 4. The third-order valence-electron chi connectivity index (χ3n) is 3.70. The van der Waals surface area contributed by atoms with Crippen molar-refractivity contribution in [1.29, 1.82) is 0 Å². The lowest BCUT2D eigenvalue weighted by Crippen LogP contribution is -2.13. The molecule has 25 heavy (non-hydrogen) atoms. The highest BCUT2D eigenvalue weighted by molar-refractivity contribution is 6.31. The van der Waals surface area contributed by atoms with Crippen LogP contribution in [-0.2, 0) is 0 Å². The second-order valence-corrected chi connectivity index (χ2v) is 5.79. The molecule has 0 saturated carbocycles. The molecule has 0 saturated heterocycles. The fourth-order valence-electron chi connectivity index (χ4n) is 2.55. The Morgan fingerprint density at radius 1 is 1.12 bits per heavy atom. The van der Waals surface area contributed by atoms with Crippen LogP contribution in [0.4, 0.5) is 5.69 Å². The zero-order valence-electron chi connectivity index (χ0n) is 12.7. The third kappa shape index (κ3) is 2.92. The van der Waals surface area contributed by atoms with E-state index in [2.05, 4.69) is 25.0 Å². The van der Waals surface area contributed by atoms with Crippen LogP contribution in [0.2, 0.25) is 5.02 Å². The minimum atomic E-state index is -0.692. The zero-order valence-corrected chi connectivity index (χ0v) is 13.4. The summed E-state index contributed by atoms with van der Waals surface area (Å²) >= 11 is 6.01. The molecule has 2 heterocycles. The van der Waals surface area contributed by atoms with E-state index in [0.717, 1.165) is 10.9 Å². The number of halogens is 1. The molecule has 3 N–H and O–H groups in total. The fourth-order valence-corrected chi connectivity index (χ4v) is 2.72. The smallest absolute Gasteiger partial charge is 0.351 e. The first kappa shape index (κ1) is 15.2. The second kappa shape index (κ2) is 5.95. The summed E-state index contributed by atoms with van der Waals surface area (Å²) in [5, 5.41) is 7.80. The van der Waals surface area contributed by atoms with Gasteiger partial charge >= 0.3 is 5.76 Å². The molecule has 0 aliphatic heterocycles. The topological polar surface area (TPSA) is 104 Å². The highest BCUT2D eigenvalue weighted by Gasteiger charge is 2.15. The van der Waals surface area contributed by atoms with Crippen molar-refractivity contribution in [2.45, 2.75) is 0 Å². The summed E-state index contributed by atoms with van der Waals surface area (Å²) in [6.45, 7) is 0. The molecule has 124 valence electrons. The first-order chi connectivity index (χ1) is 12.1. The molecule has 0 radical (unpaired) electrons. The van der Waals surface area contributed by atoms with Crippen LogP contribution < -0.4 is 11.1 Å². The van der Waals surface area contributed by atoms with Gasteiger partial charge in [0.2, 0.25) is 0 Å². The summed E-state index contributed by atoms with van der Waals surface area (Å²) in [6, 6.07) is 14.2. The van der Waals surface area contributed by atoms with Crippen molar-refractivity contribution < 1.29 is 9.32 Å². The summed E-state index contributed by atoms with van der Waals surface area (Å²) < 4.78 is 4.52. The largest absolute Gasteiger partial charge is 0.439 e. The van der Waals surface area contributed by atoms with E-state index in [1.807, 2.05) is 24.3 Å². The van der Waals surface area contributed by atoms with Gasteiger partial charge in [-0.3, -0.25) is 14.3 Å². The number of aromatic nitrogens is 3. The van der Waals surface area contributed by atoms with Crippen LogP contribution in [0.25, 0.3) is 22.3 Å². The molecule has 2 aromatic carbocycles. The Morgan fingerprint density at radius 2 is 1.96 bits per heavy atom. The van der Waals surface area contributed by atoms with Gasteiger partial charge in [0, 0.05) is 21.5 Å². The molecule has 4 rings (SSSR count). The fraction of sp³-hybridized carbons (Fsp3) is 0. The number of aromatic amines is 2. The molecule has 0 fully saturated rings. The molecule has 7 nitrogen and oxygen atoms in total. The van der Waals surface area contributed by atoms with E-state index in [4.69, 9.17) is 11.6 Å². The Hall–Kier alpha value is -3.32. The van der Waals surface area contributed by atoms with Crippen LogP contribution in [-0.4, -0.2) is 21.0 Å². The normalized spacial score (nSPS) is 10.9. The average molecular weight is 355 g/mol. The van der Waals surface area contributed by atoms with Gasteiger partial charge in [0.1, 0.15) is 5.69 Å². The number of rotatable bonds is 3. The standard InChI is InChI=1S/C17H11ClN4O3/c18-10-5-6-13(11(8-10)15-21-17(24)25-22-15)20-16(23)14-7-9-3-1-2-4-12(9)19-14/h1-8,19H,(H,20,23)(H,21,22,24). The molecular weight excluding hydrogens is 344 g/mol. The second-order valence-electron chi connectivity index (χ2n) is 5.36. The predicted octanol–water partition coefficient (Wildman–Crippen LogP) is 3.42. The maximum absolute atomic E-state index is 12.6. The number of benzene rings is 2. The van der Waals surface area contributed by atoms with Crippen LogP contribution in [0.1, 0.15) is 10.5 Å². The Morgan fingerprint density at radius 3 is 2.72 bits per heavy atom. The summed E-state index contributed by atoms with van der Waals surface area (Å²) in [7, 11) is 0. The molecule has 0 unspecified atom stereocenters. The first-order valence-corrected chi connectivity index (χ1v) is 7.73. The van der Waals surface area contributed by atoms with Gasteiger partial charge in [-0.15, -0.1) is 0 Å². The summed E-state index contributed by atoms with van der Waals surface area (Å²) in [5.41, 5.74) is 2.17. The Labute approximate surface area is 145 Å². The third-order valence-corrected chi connectivity index (χ3v) is 3.93. The summed E-state index contributed by atoms with van der Waals surface area (Å²) in [5.74, 6) is -0.840. The minimum absolute atomic E-state index is 0.180. The monoisotopic (exact) mass is 354 g/mol. The van der Waals surface area contributed by atoms with E-state index in [0.29, 0.717) is 22.0 Å². The zero-order chi connectivity index (χ0) is 17.4. The quantitative estimate of drug-likeness (QED) is 0.524. The van der Waals surface area contributed by atoms with E-state index in [1.54, 1.807) is 24.3 Å². The van der Waals surface area contributed by atoms with Gasteiger partial charge in [0.05, 0.1) is 5.69 Å². The average Bonchev–Trinajstić information content (AvgIpc) is 3.22. The van der Waals surface area contributed by atoms with Crippen molar-refractivity contribution in [3.8, 4) is 11.4 Å². The number of amides is 1. The summed E-state index contributed by atoms with van der Waals surface area (Å²) in [4.78, 5) is 29.3. The van der Waals surface area contributed by atoms with Gasteiger partial charge in [-0.2, -0.15) is 0 Å². The summed E-state index contributed by atoms with van der Waals surface area (Å²) in [6.07, 6.45) is 0. The maximum atomic E-state index is 12.6. The maximum Gasteiger partial charge on any atom is 0.439 e. The highest BCUT2D eigenvalue weighted by atomic mass is 35.5. The van der Waals surface area contributed by atoms with Crippen molar-refractivity contribution in [3.05, 3.63) is 69.8 Å². The van der Waals surface area contributed by atoms with Crippen molar-refractivity contribution in [2.24, 2.45) is 0 Å². The molecule has 2 aromatic heterocycles. The van der Waals surface area contributed by atoms with Gasteiger partial charge in [0.15, 0.2) is 5.82 Å². The van der Waals surface area contributed by atoms with Gasteiger partial charge in [-0.05, 0) is 30.3 Å². The Kier molecular flexibility index (Phi) is 3.62. The molecule has 0 atom stereocenters. The van der Waals surface area contributed by atoms with Crippen molar-refractivity contribution in [2.75, 3.05) is 5.32 Å².